The Morgan fingerprint density at radius 1 is 1.23 bits per heavy atom. The monoisotopic (exact) mass is 306 g/mol. The zero-order chi connectivity index (χ0) is 15.4. The van der Waals surface area contributed by atoms with Gasteiger partial charge in [0.15, 0.2) is 0 Å². The van der Waals surface area contributed by atoms with Crippen molar-refractivity contribution in [2.45, 2.75) is 38.5 Å². The van der Waals surface area contributed by atoms with Gasteiger partial charge in [0.05, 0.1) is 25.0 Å². The Labute approximate surface area is 132 Å². The van der Waals surface area contributed by atoms with E-state index in [0.29, 0.717) is 39.3 Å². The minimum Gasteiger partial charge on any atom is -0.378 e. The lowest BCUT2D eigenvalue weighted by molar-refractivity contribution is -0.138. The molecule has 2 amide bonds. The zero-order valence-corrected chi connectivity index (χ0v) is 13.2. The molecule has 0 bridgehead atoms. The summed E-state index contributed by atoms with van der Waals surface area (Å²) in [6.45, 7) is 3.27. The van der Waals surface area contributed by atoms with Gasteiger partial charge in [0.1, 0.15) is 0 Å². The van der Waals surface area contributed by atoms with Gasteiger partial charge in [0.2, 0.25) is 11.8 Å². The fraction of sp³-hybridized carbons (Fsp3) is 0.765. The second-order valence-electron chi connectivity index (χ2n) is 6.54. The van der Waals surface area contributed by atoms with Gasteiger partial charge in [-0.15, -0.1) is 0 Å². The van der Waals surface area contributed by atoms with Crippen molar-refractivity contribution in [1.82, 2.24) is 10.2 Å². The molecule has 0 spiro atoms. The van der Waals surface area contributed by atoms with Crippen molar-refractivity contribution in [2.75, 3.05) is 32.8 Å². The quantitative estimate of drug-likeness (QED) is 0.783. The van der Waals surface area contributed by atoms with E-state index in [-0.39, 0.29) is 23.7 Å². The molecule has 5 nitrogen and oxygen atoms in total. The van der Waals surface area contributed by atoms with Gasteiger partial charge in [-0.1, -0.05) is 11.6 Å². The molecule has 2 unspecified atom stereocenters. The third-order valence-electron chi connectivity index (χ3n) is 4.90. The molecule has 0 aromatic carbocycles. The molecule has 5 heteroatoms. The summed E-state index contributed by atoms with van der Waals surface area (Å²) >= 11 is 0. The Bertz CT molecular complexity index is 455. The summed E-state index contributed by atoms with van der Waals surface area (Å²) in [7, 11) is 0. The molecule has 1 aliphatic heterocycles. The predicted molar refractivity (Wildman–Crippen MR) is 83.2 cm³/mol. The minimum atomic E-state index is -0.101. The van der Waals surface area contributed by atoms with Crippen LogP contribution in [-0.2, 0) is 14.3 Å². The highest BCUT2D eigenvalue weighted by atomic mass is 16.5. The van der Waals surface area contributed by atoms with Crippen LogP contribution < -0.4 is 5.32 Å². The molecule has 2 aliphatic carbocycles. The van der Waals surface area contributed by atoms with E-state index < -0.39 is 0 Å². The smallest absolute Gasteiger partial charge is 0.226 e. The Balaban J connectivity index is 1.37. The fourth-order valence-corrected chi connectivity index (χ4v) is 3.39. The maximum absolute atomic E-state index is 12.3. The molecule has 0 aromatic heterocycles. The summed E-state index contributed by atoms with van der Waals surface area (Å²) in [4.78, 5) is 26.2. The van der Waals surface area contributed by atoms with Gasteiger partial charge in [-0.2, -0.15) is 0 Å². The van der Waals surface area contributed by atoms with Crippen molar-refractivity contribution in [2.24, 2.45) is 11.8 Å². The van der Waals surface area contributed by atoms with Crippen molar-refractivity contribution in [3.05, 3.63) is 11.6 Å². The third kappa shape index (κ3) is 3.88. The van der Waals surface area contributed by atoms with Gasteiger partial charge < -0.3 is 15.0 Å². The molecule has 2 fully saturated rings. The van der Waals surface area contributed by atoms with E-state index in [4.69, 9.17) is 4.74 Å². The number of amides is 2. The van der Waals surface area contributed by atoms with Gasteiger partial charge in [0.25, 0.3) is 0 Å². The summed E-state index contributed by atoms with van der Waals surface area (Å²) in [5, 5.41) is 3.00. The molecule has 2 atom stereocenters. The van der Waals surface area contributed by atoms with Crippen LogP contribution in [0.4, 0.5) is 0 Å². The summed E-state index contributed by atoms with van der Waals surface area (Å²) in [6, 6.07) is 0. The highest BCUT2D eigenvalue weighted by Crippen LogP contribution is 2.40. The number of carbonyl (C=O) groups is 2. The molecule has 0 radical (unpaired) electrons. The summed E-state index contributed by atoms with van der Waals surface area (Å²) in [6.07, 6.45) is 8.92. The lowest BCUT2D eigenvalue weighted by Gasteiger charge is -2.27. The van der Waals surface area contributed by atoms with Gasteiger partial charge in [0, 0.05) is 19.6 Å². The number of hydrogen-bond donors (Lipinski definition) is 1. The number of nitrogens with one attached hydrogen (secondary N) is 1. The van der Waals surface area contributed by atoms with Gasteiger partial charge in [-0.05, 0) is 38.5 Å². The van der Waals surface area contributed by atoms with E-state index in [9.17, 15) is 9.59 Å². The first-order valence-corrected chi connectivity index (χ1v) is 8.58. The van der Waals surface area contributed by atoms with Crippen LogP contribution >= 0.6 is 0 Å². The molecule has 1 N–H and O–H groups in total. The lowest BCUT2D eigenvalue weighted by atomic mass is 9.97. The molecule has 22 heavy (non-hydrogen) atoms. The predicted octanol–water partition coefficient (Wildman–Crippen LogP) is 1.49. The summed E-state index contributed by atoms with van der Waals surface area (Å²) < 4.78 is 5.26. The standard InChI is InChI=1S/C17H26N2O3/c20-16(18-7-6-13-4-2-1-3-5-13)14-12-15(14)17(21)19-8-10-22-11-9-19/h4,14-15H,1-3,5-12H2,(H,18,20). The molecular formula is C17H26N2O3. The molecular weight excluding hydrogens is 280 g/mol. The number of rotatable bonds is 5. The molecule has 1 heterocycles. The Morgan fingerprint density at radius 3 is 2.77 bits per heavy atom. The van der Waals surface area contributed by atoms with Crippen LogP contribution in [0.3, 0.4) is 0 Å². The van der Waals surface area contributed by atoms with E-state index in [0.717, 1.165) is 6.42 Å². The van der Waals surface area contributed by atoms with Gasteiger partial charge >= 0.3 is 0 Å². The maximum atomic E-state index is 12.3. The van der Waals surface area contributed by atoms with Crippen molar-refractivity contribution in [1.29, 1.82) is 0 Å². The second kappa shape index (κ2) is 7.27. The van der Waals surface area contributed by atoms with Crippen LogP contribution in [0.15, 0.2) is 11.6 Å². The Hall–Kier alpha value is -1.36. The maximum Gasteiger partial charge on any atom is 0.226 e. The van der Waals surface area contributed by atoms with Crippen LogP contribution in [0.1, 0.15) is 38.5 Å². The van der Waals surface area contributed by atoms with Crippen molar-refractivity contribution >= 4 is 11.8 Å². The van der Waals surface area contributed by atoms with E-state index in [2.05, 4.69) is 11.4 Å². The van der Waals surface area contributed by atoms with Crippen LogP contribution in [-0.4, -0.2) is 49.6 Å². The average Bonchev–Trinajstić information content (AvgIpc) is 3.37. The van der Waals surface area contributed by atoms with Crippen LogP contribution in [0.5, 0.6) is 0 Å². The first-order chi connectivity index (χ1) is 10.8. The Morgan fingerprint density at radius 2 is 2.05 bits per heavy atom. The number of morpholine rings is 1. The number of carbonyl (C=O) groups excluding carboxylic acids is 2. The highest BCUT2D eigenvalue weighted by molar-refractivity contribution is 5.92. The number of nitrogens with zero attached hydrogens (tertiary/aromatic N) is 1. The molecule has 3 aliphatic rings. The van der Waals surface area contributed by atoms with Gasteiger partial charge in [-0.3, -0.25) is 9.59 Å². The third-order valence-corrected chi connectivity index (χ3v) is 4.90. The second-order valence-corrected chi connectivity index (χ2v) is 6.54. The minimum absolute atomic E-state index is 0.0584. The van der Waals surface area contributed by atoms with Crippen LogP contribution in [0.2, 0.25) is 0 Å². The first-order valence-electron chi connectivity index (χ1n) is 8.58. The normalized spacial score (nSPS) is 28.0. The van der Waals surface area contributed by atoms with Crippen LogP contribution in [0.25, 0.3) is 0 Å². The SMILES string of the molecule is O=C(NCCC1=CCCCC1)C1CC1C(=O)N1CCOCC1. The zero-order valence-electron chi connectivity index (χ0n) is 13.2. The van der Waals surface area contributed by atoms with E-state index >= 15 is 0 Å². The largest absolute Gasteiger partial charge is 0.378 e. The lowest BCUT2D eigenvalue weighted by Crippen LogP contribution is -2.42. The molecule has 122 valence electrons. The molecule has 1 saturated carbocycles. The van der Waals surface area contributed by atoms with E-state index in [1.165, 1.54) is 31.3 Å². The fourth-order valence-electron chi connectivity index (χ4n) is 3.39. The molecule has 1 saturated heterocycles. The van der Waals surface area contributed by atoms with Gasteiger partial charge in [-0.25, -0.2) is 0 Å². The highest BCUT2D eigenvalue weighted by Gasteiger charge is 2.49. The number of hydrogen-bond acceptors (Lipinski definition) is 3. The van der Waals surface area contributed by atoms with Crippen LogP contribution in [0, 0.1) is 11.8 Å². The van der Waals surface area contributed by atoms with Crippen molar-refractivity contribution < 1.29 is 14.3 Å². The van der Waals surface area contributed by atoms with Crippen molar-refractivity contribution in [3.8, 4) is 0 Å². The van der Waals surface area contributed by atoms with Crippen molar-refractivity contribution in [3.63, 3.8) is 0 Å². The summed E-state index contributed by atoms with van der Waals surface area (Å²) in [5.74, 6) is 0.00383. The first kappa shape index (κ1) is 15.5. The number of allylic oxidation sites excluding steroid dienone is 1. The van der Waals surface area contributed by atoms with E-state index in [1.807, 2.05) is 4.90 Å². The Kier molecular flexibility index (Phi) is 5.13. The average molecular weight is 306 g/mol. The molecule has 0 aromatic rings. The topological polar surface area (TPSA) is 58.6 Å². The molecule has 3 rings (SSSR count). The summed E-state index contributed by atoms with van der Waals surface area (Å²) in [5.41, 5.74) is 1.48. The van der Waals surface area contributed by atoms with E-state index in [1.54, 1.807) is 0 Å². The number of ether oxygens (including phenoxy) is 1.